The average molecular weight is 315 g/mol. The number of fused-ring (bicyclic) bond motifs is 2. The Balaban J connectivity index is 0.00000161. The molecule has 0 aromatic carbocycles. The smallest absolute Gasteiger partial charge is 0.220 e. The van der Waals surface area contributed by atoms with Crippen LogP contribution in [0.3, 0.4) is 0 Å². The number of halogens is 1. The SMILES string of the molecule is CC1CCC(C)(NC(=O)CC2CC3CCC(C2)N3)CC1.Cl. The summed E-state index contributed by atoms with van der Waals surface area (Å²) < 4.78 is 0. The molecule has 122 valence electrons. The molecule has 3 fully saturated rings. The molecule has 1 aliphatic carbocycles. The fourth-order valence-electron chi connectivity index (χ4n) is 4.52. The highest BCUT2D eigenvalue weighted by molar-refractivity contribution is 5.85. The first-order valence-corrected chi connectivity index (χ1v) is 8.59. The van der Waals surface area contributed by atoms with Gasteiger partial charge in [0.25, 0.3) is 0 Å². The van der Waals surface area contributed by atoms with Crippen LogP contribution in [0.5, 0.6) is 0 Å². The van der Waals surface area contributed by atoms with Crippen molar-refractivity contribution >= 4 is 18.3 Å². The number of hydrogen-bond acceptors (Lipinski definition) is 2. The molecule has 3 nitrogen and oxygen atoms in total. The van der Waals surface area contributed by atoms with Crippen LogP contribution < -0.4 is 10.6 Å². The Morgan fingerprint density at radius 1 is 1.14 bits per heavy atom. The molecule has 2 heterocycles. The van der Waals surface area contributed by atoms with Gasteiger partial charge in [0.15, 0.2) is 0 Å². The highest BCUT2D eigenvalue weighted by Crippen LogP contribution is 2.34. The topological polar surface area (TPSA) is 41.1 Å². The average Bonchev–Trinajstić information content (AvgIpc) is 2.72. The summed E-state index contributed by atoms with van der Waals surface area (Å²) in [5.41, 5.74) is 0.0650. The molecule has 1 saturated carbocycles. The van der Waals surface area contributed by atoms with Crippen LogP contribution in [0.2, 0.25) is 0 Å². The molecular formula is C17H31ClN2O. The summed E-state index contributed by atoms with van der Waals surface area (Å²) in [6, 6.07) is 1.38. The number of rotatable bonds is 3. The Kier molecular flexibility index (Phi) is 5.59. The van der Waals surface area contributed by atoms with E-state index in [2.05, 4.69) is 24.5 Å². The van der Waals surface area contributed by atoms with E-state index < -0.39 is 0 Å². The van der Waals surface area contributed by atoms with Gasteiger partial charge in [-0.1, -0.05) is 6.92 Å². The van der Waals surface area contributed by atoms with Crippen LogP contribution in [0, 0.1) is 11.8 Å². The van der Waals surface area contributed by atoms with Crippen LogP contribution in [0.4, 0.5) is 0 Å². The molecule has 2 saturated heterocycles. The van der Waals surface area contributed by atoms with Crippen LogP contribution >= 0.6 is 12.4 Å². The van der Waals surface area contributed by atoms with Gasteiger partial charge in [-0.05, 0) is 70.1 Å². The highest BCUT2D eigenvalue weighted by atomic mass is 35.5. The summed E-state index contributed by atoms with van der Waals surface area (Å²) in [7, 11) is 0. The molecule has 2 aliphatic heterocycles. The largest absolute Gasteiger partial charge is 0.351 e. The van der Waals surface area contributed by atoms with Crippen molar-refractivity contribution in [2.75, 3.05) is 0 Å². The van der Waals surface area contributed by atoms with Crippen molar-refractivity contribution < 1.29 is 4.79 Å². The van der Waals surface area contributed by atoms with Gasteiger partial charge in [-0.3, -0.25) is 4.79 Å². The first-order valence-electron chi connectivity index (χ1n) is 8.59. The van der Waals surface area contributed by atoms with Crippen LogP contribution in [-0.4, -0.2) is 23.5 Å². The van der Waals surface area contributed by atoms with E-state index in [1.807, 2.05) is 0 Å². The van der Waals surface area contributed by atoms with Gasteiger partial charge in [-0.25, -0.2) is 0 Å². The van der Waals surface area contributed by atoms with Gasteiger partial charge in [-0.15, -0.1) is 12.4 Å². The molecule has 3 aliphatic rings. The third kappa shape index (κ3) is 4.35. The minimum atomic E-state index is 0. The number of piperidine rings is 1. The first kappa shape index (κ1) is 17.1. The Labute approximate surface area is 135 Å². The van der Waals surface area contributed by atoms with E-state index >= 15 is 0 Å². The lowest BCUT2D eigenvalue weighted by Gasteiger charge is -2.38. The fraction of sp³-hybridized carbons (Fsp3) is 0.941. The van der Waals surface area contributed by atoms with Crippen LogP contribution in [0.25, 0.3) is 0 Å². The summed E-state index contributed by atoms with van der Waals surface area (Å²) in [5, 5.41) is 7.01. The van der Waals surface area contributed by atoms with Gasteiger partial charge < -0.3 is 10.6 Å². The lowest BCUT2D eigenvalue weighted by atomic mass is 9.78. The maximum atomic E-state index is 12.4. The van der Waals surface area contributed by atoms with E-state index in [1.165, 1.54) is 38.5 Å². The molecule has 2 atom stereocenters. The van der Waals surface area contributed by atoms with Gasteiger partial charge in [0.05, 0.1) is 0 Å². The van der Waals surface area contributed by atoms with Crippen LogP contribution in [-0.2, 0) is 4.79 Å². The van der Waals surface area contributed by atoms with Crippen LogP contribution in [0.1, 0.15) is 71.6 Å². The number of carbonyl (C=O) groups is 1. The van der Waals surface area contributed by atoms with E-state index in [0.29, 0.717) is 23.9 Å². The minimum absolute atomic E-state index is 0. The Morgan fingerprint density at radius 3 is 2.29 bits per heavy atom. The monoisotopic (exact) mass is 314 g/mol. The van der Waals surface area contributed by atoms with Crippen molar-refractivity contribution in [3.63, 3.8) is 0 Å². The molecule has 2 unspecified atom stereocenters. The molecule has 0 radical (unpaired) electrons. The standard InChI is InChI=1S/C17H30N2O.ClH/c1-12-5-7-17(2,8-6-12)19-16(20)11-13-9-14-3-4-15(10-13)18-14;/h12-15,18H,3-11H2,1-2H3,(H,19,20);1H. The summed E-state index contributed by atoms with van der Waals surface area (Å²) >= 11 is 0. The molecule has 2 bridgehead atoms. The molecule has 21 heavy (non-hydrogen) atoms. The Morgan fingerprint density at radius 2 is 1.71 bits per heavy atom. The molecule has 3 rings (SSSR count). The molecule has 0 aromatic rings. The zero-order valence-corrected chi connectivity index (χ0v) is 14.3. The zero-order valence-electron chi connectivity index (χ0n) is 13.5. The van der Waals surface area contributed by atoms with Gasteiger partial charge in [0, 0.05) is 24.0 Å². The summed E-state index contributed by atoms with van der Waals surface area (Å²) in [6.07, 6.45) is 10.6. The van der Waals surface area contributed by atoms with Gasteiger partial charge >= 0.3 is 0 Å². The van der Waals surface area contributed by atoms with Gasteiger partial charge in [-0.2, -0.15) is 0 Å². The highest BCUT2D eigenvalue weighted by Gasteiger charge is 2.36. The van der Waals surface area contributed by atoms with E-state index in [4.69, 9.17) is 0 Å². The first-order chi connectivity index (χ1) is 9.52. The number of carbonyl (C=O) groups excluding carboxylic acids is 1. The molecule has 0 spiro atoms. The van der Waals surface area contributed by atoms with Crippen molar-refractivity contribution in [3.8, 4) is 0 Å². The van der Waals surface area contributed by atoms with E-state index in [1.54, 1.807) is 0 Å². The number of nitrogens with one attached hydrogen (secondary N) is 2. The predicted molar refractivity (Wildman–Crippen MR) is 88.7 cm³/mol. The Bertz CT molecular complexity index is 354. The van der Waals surface area contributed by atoms with E-state index in [0.717, 1.165) is 25.2 Å². The zero-order chi connectivity index (χ0) is 14.2. The molecule has 2 N–H and O–H groups in total. The predicted octanol–water partition coefficient (Wildman–Crippen LogP) is 3.41. The lowest BCUT2D eigenvalue weighted by molar-refractivity contribution is -0.124. The van der Waals surface area contributed by atoms with Crippen molar-refractivity contribution in [1.82, 2.24) is 10.6 Å². The second-order valence-corrected chi connectivity index (χ2v) is 7.97. The summed E-state index contributed by atoms with van der Waals surface area (Å²) in [5.74, 6) is 1.74. The van der Waals surface area contributed by atoms with Gasteiger partial charge in [0.1, 0.15) is 0 Å². The number of hydrogen-bond donors (Lipinski definition) is 2. The number of amides is 1. The molecule has 1 amide bonds. The van der Waals surface area contributed by atoms with Gasteiger partial charge in [0.2, 0.25) is 5.91 Å². The maximum Gasteiger partial charge on any atom is 0.220 e. The minimum Gasteiger partial charge on any atom is -0.351 e. The molecule has 0 aromatic heterocycles. The second kappa shape index (κ2) is 6.87. The second-order valence-electron chi connectivity index (χ2n) is 7.97. The van der Waals surface area contributed by atoms with Crippen molar-refractivity contribution in [3.05, 3.63) is 0 Å². The van der Waals surface area contributed by atoms with E-state index in [-0.39, 0.29) is 17.9 Å². The molecule has 4 heteroatoms. The molecular weight excluding hydrogens is 284 g/mol. The van der Waals surface area contributed by atoms with Crippen molar-refractivity contribution in [1.29, 1.82) is 0 Å². The quantitative estimate of drug-likeness (QED) is 0.838. The maximum absolute atomic E-state index is 12.4. The van der Waals surface area contributed by atoms with Crippen molar-refractivity contribution in [2.45, 2.75) is 89.3 Å². The Hall–Kier alpha value is -0.280. The third-order valence-electron chi connectivity index (χ3n) is 5.86. The fourth-order valence-corrected chi connectivity index (χ4v) is 4.52. The van der Waals surface area contributed by atoms with E-state index in [9.17, 15) is 4.79 Å². The summed E-state index contributed by atoms with van der Waals surface area (Å²) in [6.45, 7) is 4.56. The van der Waals surface area contributed by atoms with Crippen molar-refractivity contribution in [2.24, 2.45) is 11.8 Å². The normalized spacial score (nSPS) is 42.2. The lowest BCUT2D eigenvalue weighted by Crippen LogP contribution is -2.49. The summed E-state index contributed by atoms with van der Waals surface area (Å²) in [4.78, 5) is 12.4. The third-order valence-corrected chi connectivity index (χ3v) is 5.86. The van der Waals surface area contributed by atoms with Crippen LogP contribution in [0.15, 0.2) is 0 Å².